The number of benzene rings is 2. The van der Waals surface area contributed by atoms with Crippen molar-refractivity contribution in [1.29, 1.82) is 0 Å². The first-order chi connectivity index (χ1) is 9.71. The highest BCUT2D eigenvalue weighted by Gasteiger charge is 2.05. The topological polar surface area (TPSA) is 36.9 Å². The van der Waals surface area contributed by atoms with E-state index in [1.165, 1.54) is 0 Å². The molecule has 2 aromatic rings. The SMILES string of the molecule is COc1cccc(OC(=S)Oc2cccc(OC)c2)c1. The monoisotopic (exact) mass is 290 g/mol. The molecule has 0 heterocycles. The molecule has 20 heavy (non-hydrogen) atoms. The molecule has 2 aromatic carbocycles. The van der Waals surface area contributed by atoms with Crippen molar-refractivity contribution in [3.63, 3.8) is 0 Å². The Hall–Kier alpha value is -2.27. The number of ether oxygens (including phenoxy) is 4. The molecule has 104 valence electrons. The van der Waals surface area contributed by atoms with Crippen LogP contribution in [0.25, 0.3) is 0 Å². The highest BCUT2D eigenvalue weighted by molar-refractivity contribution is 7.79. The molecule has 0 atom stereocenters. The van der Waals surface area contributed by atoms with Gasteiger partial charge in [0, 0.05) is 24.4 Å². The van der Waals surface area contributed by atoms with Crippen LogP contribution in [0.15, 0.2) is 48.5 Å². The van der Waals surface area contributed by atoms with Gasteiger partial charge in [-0.05, 0) is 24.3 Å². The lowest BCUT2D eigenvalue weighted by Gasteiger charge is -2.09. The lowest BCUT2D eigenvalue weighted by atomic mass is 10.3. The molecule has 0 N–H and O–H groups in total. The van der Waals surface area contributed by atoms with Crippen molar-refractivity contribution in [1.82, 2.24) is 0 Å². The van der Waals surface area contributed by atoms with Crippen molar-refractivity contribution < 1.29 is 18.9 Å². The third-order valence-electron chi connectivity index (χ3n) is 2.48. The van der Waals surface area contributed by atoms with Crippen molar-refractivity contribution in [2.45, 2.75) is 0 Å². The van der Waals surface area contributed by atoms with Gasteiger partial charge in [-0.15, -0.1) is 0 Å². The molecule has 5 heteroatoms. The predicted octanol–water partition coefficient (Wildman–Crippen LogP) is 3.45. The van der Waals surface area contributed by atoms with E-state index in [0.717, 1.165) is 0 Å². The van der Waals surface area contributed by atoms with E-state index in [0.29, 0.717) is 23.0 Å². The van der Waals surface area contributed by atoms with E-state index in [4.69, 9.17) is 31.2 Å². The highest BCUT2D eigenvalue weighted by Crippen LogP contribution is 2.22. The first-order valence-corrected chi connectivity index (χ1v) is 6.30. The average Bonchev–Trinajstić information content (AvgIpc) is 2.47. The lowest BCUT2D eigenvalue weighted by molar-refractivity contribution is 0.388. The summed E-state index contributed by atoms with van der Waals surface area (Å²) in [7, 11) is 3.17. The summed E-state index contributed by atoms with van der Waals surface area (Å²) in [5.41, 5.74) is 0. The van der Waals surface area contributed by atoms with Gasteiger partial charge in [0.05, 0.1) is 14.2 Å². The van der Waals surface area contributed by atoms with Crippen LogP contribution >= 0.6 is 12.2 Å². The van der Waals surface area contributed by atoms with E-state index in [9.17, 15) is 0 Å². The lowest BCUT2D eigenvalue weighted by Crippen LogP contribution is -2.13. The summed E-state index contributed by atoms with van der Waals surface area (Å²) < 4.78 is 21.1. The Morgan fingerprint density at radius 1 is 0.750 bits per heavy atom. The van der Waals surface area contributed by atoms with Crippen molar-refractivity contribution in [2.24, 2.45) is 0 Å². The summed E-state index contributed by atoms with van der Waals surface area (Å²) in [5.74, 6) is 2.48. The maximum absolute atomic E-state index is 5.42. The Bertz CT molecular complexity index is 546. The Morgan fingerprint density at radius 2 is 1.15 bits per heavy atom. The van der Waals surface area contributed by atoms with Gasteiger partial charge in [-0.25, -0.2) is 0 Å². The minimum atomic E-state index is 0.00602. The zero-order valence-electron chi connectivity index (χ0n) is 11.2. The largest absolute Gasteiger partial charge is 0.497 e. The van der Waals surface area contributed by atoms with E-state index in [1.807, 2.05) is 24.3 Å². The summed E-state index contributed by atoms with van der Waals surface area (Å²) in [6.07, 6.45) is 0. The van der Waals surface area contributed by atoms with Crippen LogP contribution in [0.5, 0.6) is 23.0 Å². The first-order valence-electron chi connectivity index (χ1n) is 5.89. The van der Waals surface area contributed by atoms with Crippen LogP contribution in [-0.4, -0.2) is 19.5 Å². The Morgan fingerprint density at radius 3 is 1.55 bits per heavy atom. The number of thiocarbonyl (C=S) groups is 1. The summed E-state index contributed by atoms with van der Waals surface area (Å²) >= 11 is 5.05. The highest BCUT2D eigenvalue weighted by atomic mass is 32.1. The standard InChI is InChI=1S/C15H14O4S/c1-16-11-5-3-7-13(9-11)18-15(20)19-14-8-4-6-12(10-14)17-2/h3-10H,1-2H3. The van der Waals surface area contributed by atoms with Gasteiger partial charge in [-0.1, -0.05) is 12.1 Å². The fourth-order valence-corrected chi connectivity index (χ4v) is 1.74. The maximum Gasteiger partial charge on any atom is 0.363 e. The van der Waals surface area contributed by atoms with Crippen LogP contribution in [0, 0.1) is 0 Å². The fourth-order valence-electron chi connectivity index (χ4n) is 1.54. The molecule has 0 saturated carbocycles. The smallest absolute Gasteiger partial charge is 0.363 e. The van der Waals surface area contributed by atoms with Crippen molar-refractivity contribution in [3.05, 3.63) is 48.5 Å². The second kappa shape index (κ2) is 6.77. The van der Waals surface area contributed by atoms with Gasteiger partial charge in [0.15, 0.2) is 0 Å². The zero-order chi connectivity index (χ0) is 14.4. The molecular formula is C15H14O4S. The Balaban J connectivity index is 2.01. The van der Waals surface area contributed by atoms with Gasteiger partial charge in [0.25, 0.3) is 0 Å². The number of hydrogen-bond donors (Lipinski definition) is 0. The molecule has 0 fully saturated rings. The minimum Gasteiger partial charge on any atom is -0.497 e. The van der Waals surface area contributed by atoms with Crippen LogP contribution < -0.4 is 18.9 Å². The van der Waals surface area contributed by atoms with Gasteiger partial charge >= 0.3 is 5.24 Å². The van der Waals surface area contributed by atoms with Crippen LogP contribution in [0.1, 0.15) is 0 Å². The summed E-state index contributed by atoms with van der Waals surface area (Å²) in [6.45, 7) is 0. The van der Waals surface area contributed by atoms with E-state index in [-0.39, 0.29) is 5.24 Å². The van der Waals surface area contributed by atoms with Crippen LogP contribution in [0.3, 0.4) is 0 Å². The van der Waals surface area contributed by atoms with E-state index < -0.39 is 0 Å². The number of methoxy groups -OCH3 is 2. The van der Waals surface area contributed by atoms with Crippen LogP contribution in [-0.2, 0) is 0 Å². The average molecular weight is 290 g/mol. The molecule has 0 spiro atoms. The number of rotatable bonds is 4. The molecule has 0 aliphatic carbocycles. The maximum atomic E-state index is 5.42. The molecular weight excluding hydrogens is 276 g/mol. The summed E-state index contributed by atoms with van der Waals surface area (Å²) in [4.78, 5) is 0. The molecule has 2 rings (SSSR count). The molecule has 0 radical (unpaired) electrons. The van der Waals surface area contributed by atoms with Gasteiger partial charge in [0.1, 0.15) is 23.0 Å². The second-order valence-corrected chi connectivity index (χ2v) is 4.15. The second-order valence-electron chi connectivity index (χ2n) is 3.81. The van der Waals surface area contributed by atoms with Crippen molar-refractivity contribution >= 4 is 17.5 Å². The van der Waals surface area contributed by atoms with Crippen LogP contribution in [0.2, 0.25) is 0 Å². The molecule has 0 aliphatic heterocycles. The van der Waals surface area contributed by atoms with Crippen LogP contribution in [0.4, 0.5) is 0 Å². The van der Waals surface area contributed by atoms with Crippen molar-refractivity contribution in [3.8, 4) is 23.0 Å². The van der Waals surface area contributed by atoms with Gasteiger partial charge < -0.3 is 18.9 Å². The minimum absolute atomic E-state index is 0.00602. The summed E-state index contributed by atoms with van der Waals surface area (Å²) in [5, 5.41) is 0.00602. The van der Waals surface area contributed by atoms with E-state index >= 15 is 0 Å². The molecule has 0 amide bonds. The first kappa shape index (κ1) is 14.1. The fraction of sp³-hybridized carbons (Fsp3) is 0.133. The third kappa shape index (κ3) is 3.86. The van der Waals surface area contributed by atoms with Gasteiger partial charge in [-0.3, -0.25) is 0 Å². The van der Waals surface area contributed by atoms with Gasteiger partial charge in [0.2, 0.25) is 0 Å². The molecule has 0 saturated heterocycles. The van der Waals surface area contributed by atoms with Crippen molar-refractivity contribution in [2.75, 3.05) is 14.2 Å². The zero-order valence-corrected chi connectivity index (χ0v) is 12.0. The molecule has 0 bridgehead atoms. The molecule has 4 nitrogen and oxygen atoms in total. The van der Waals surface area contributed by atoms with E-state index in [2.05, 4.69) is 0 Å². The normalized spacial score (nSPS) is 9.70. The summed E-state index contributed by atoms with van der Waals surface area (Å²) in [6, 6.07) is 14.2. The van der Waals surface area contributed by atoms with Gasteiger partial charge in [-0.2, -0.15) is 0 Å². The number of hydrogen-bond acceptors (Lipinski definition) is 5. The quantitative estimate of drug-likeness (QED) is 0.806. The van der Waals surface area contributed by atoms with E-state index in [1.54, 1.807) is 38.5 Å². The Kier molecular flexibility index (Phi) is 4.79. The third-order valence-corrected chi connectivity index (χ3v) is 2.65. The molecule has 0 aliphatic rings. The molecule has 0 aromatic heterocycles. The predicted molar refractivity (Wildman–Crippen MR) is 79.8 cm³/mol. The Labute approximate surface area is 122 Å². The molecule has 0 unspecified atom stereocenters.